The van der Waals surface area contributed by atoms with Gasteiger partial charge in [-0.05, 0) is 12.1 Å². The van der Waals surface area contributed by atoms with Gasteiger partial charge >= 0.3 is 149 Å². The first kappa shape index (κ1) is 28.3. The first-order valence-corrected chi connectivity index (χ1v) is 12.5. The summed E-state index contributed by atoms with van der Waals surface area (Å²) in [5, 5.41) is 1.69. The number of nitrogens with one attached hydrogen (secondary N) is 1. The summed E-state index contributed by atoms with van der Waals surface area (Å²) >= 11 is 0. The van der Waals surface area contributed by atoms with E-state index >= 15 is 0 Å². The molecule has 12 nitrogen and oxygen atoms in total. The van der Waals surface area contributed by atoms with Crippen molar-refractivity contribution in [2.24, 2.45) is 0 Å². The zero-order valence-corrected chi connectivity index (χ0v) is 20.1. The molecule has 2 atom stereocenters. The number of aromatic nitrogens is 2. The van der Waals surface area contributed by atoms with E-state index in [-0.39, 0.29) is 31.1 Å². The van der Waals surface area contributed by atoms with E-state index < -0.39 is 38.3 Å². The number of benzene rings is 1. The van der Waals surface area contributed by atoms with Crippen molar-refractivity contribution in [3.63, 3.8) is 0 Å². The number of nitrogen functional groups attached to an aromatic ring is 1. The van der Waals surface area contributed by atoms with Crippen molar-refractivity contribution >= 4 is 19.9 Å². The van der Waals surface area contributed by atoms with Crippen LogP contribution in [0.2, 0.25) is 0 Å². The third-order valence-corrected chi connectivity index (χ3v) is 5.50. The Labute approximate surface area is 208 Å². The number of ether oxygens (including phenoxy) is 2. The van der Waals surface area contributed by atoms with Gasteiger partial charge in [0, 0.05) is 0 Å². The molecule has 202 valence electrons. The average Bonchev–Trinajstić information content (AvgIpc) is 3.28. The van der Waals surface area contributed by atoms with Crippen molar-refractivity contribution in [2.75, 3.05) is 25.5 Å². The van der Waals surface area contributed by atoms with E-state index in [9.17, 15) is 22.8 Å². The minimum absolute atomic E-state index is 0.0934. The standard InChI is InChI=1S/C21H24F3N4O8P/c22-21(23,24)19(29)26-9-10-34-15-5-2-13(3-6-15)1-4-14-11-28(20(30)27-18(14)25)17-8-7-16(36-17)12-35-37(31,32)33/h2-3,5-6,11,16-17,31-33,37H,7-10,12H2,(H,26,29)(H2,25,27,30). The first-order chi connectivity index (χ1) is 17.3. The van der Waals surface area contributed by atoms with Gasteiger partial charge in [0.25, 0.3) is 0 Å². The van der Waals surface area contributed by atoms with Crippen molar-refractivity contribution in [3.05, 3.63) is 52.1 Å². The summed E-state index contributed by atoms with van der Waals surface area (Å²) in [5.41, 5.74) is 5.94. The number of halogens is 3. The molecular formula is C21H24F3N4O8P. The molecule has 1 saturated heterocycles. The first-order valence-electron chi connectivity index (χ1n) is 10.8. The van der Waals surface area contributed by atoms with Crippen LogP contribution >= 0.6 is 8.17 Å². The van der Waals surface area contributed by atoms with E-state index in [2.05, 4.69) is 21.3 Å². The van der Waals surface area contributed by atoms with Gasteiger partial charge in [0.2, 0.25) is 0 Å². The van der Waals surface area contributed by atoms with E-state index in [0.717, 1.165) is 0 Å². The summed E-state index contributed by atoms with van der Waals surface area (Å²) in [4.78, 5) is 53.7. The van der Waals surface area contributed by atoms with E-state index in [1.54, 1.807) is 17.4 Å². The Bertz CT molecular complexity index is 1220. The molecule has 1 aromatic heterocycles. The number of hydrogen-bond acceptors (Lipinski definition) is 10. The van der Waals surface area contributed by atoms with Crippen molar-refractivity contribution in [1.82, 2.24) is 14.9 Å². The third-order valence-electron chi connectivity index (χ3n) is 4.95. The summed E-state index contributed by atoms with van der Waals surface area (Å²) in [6.45, 7) is -0.763. The van der Waals surface area contributed by atoms with Gasteiger partial charge in [0.15, 0.2) is 0 Å². The van der Waals surface area contributed by atoms with E-state index in [4.69, 9.17) is 29.9 Å². The maximum absolute atomic E-state index is 12.3. The minimum Gasteiger partial charge on any atom is -0.492 e. The van der Waals surface area contributed by atoms with E-state index in [0.29, 0.717) is 24.2 Å². The topological polar surface area (TPSA) is 178 Å². The van der Waals surface area contributed by atoms with Crippen molar-refractivity contribution in [2.45, 2.75) is 31.3 Å². The summed E-state index contributed by atoms with van der Waals surface area (Å²) in [6.07, 6.45) is -4.05. The molecule has 6 N–H and O–H groups in total. The van der Waals surface area contributed by atoms with Crippen LogP contribution in [0.15, 0.2) is 35.3 Å². The van der Waals surface area contributed by atoms with Crippen molar-refractivity contribution in [1.29, 1.82) is 0 Å². The average molecular weight is 548 g/mol. The van der Waals surface area contributed by atoms with Crippen LogP contribution in [0.3, 0.4) is 0 Å². The predicted octanol–water partition coefficient (Wildman–Crippen LogP) is 0.364. The number of carbonyl (C=O) groups excluding carboxylic acids is 1. The SMILES string of the molecule is Nc1nc(=O)n(C2CCC(CO[PH](O)(O)O)O2)cc1C#Cc1ccc(OCCNC(=O)C(F)(F)F)cc1. The van der Waals surface area contributed by atoms with Crippen LogP contribution in [0.25, 0.3) is 0 Å². The van der Waals surface area contributed by atoms with Crippen LogP contribution < -0.4 is 21.5 Å². The molecule has 0 saturated carbocycles. The number of alkyl halides is 3. The molecule has 0 bridgehead atoms. The molecule has 1 aliphatic rings. The Hall–Kier alpha value is -3.25. The molecule has 0 spiro atoms. The number of hydrogen-bond donors (Lipinski definition) is 5. The molecule has 2 aromatic rings. The number of carbonyl (C=O) groups is 1. The van der Waals surface area contributed by atoms with Gasteiger partial charge in [-0.15, -0.1) is 0 Å². The fourth-order valence-electron chi connectivity index (χ4n) is 3.21. The second-order valence-electron chi connectivity index (χ2n) is 7.78. The normalized spacial score (nSPS) is 18.1. The van der Waals surface area contributed by atoms with Gasteiger partial charge in [-0.2, -0.15) is 13.2 Å². The zero-order valence-electron chi connectivity index (χ0n) is 19.1. The molecule has 1 aliphatic heterocycles. The number of nitrogens with zero attached hydrogens (tertiary/aromatic N) is 2. The third kappa shape index (κ3) is 8.67. The van der Waals surface area contributed by atoms with Crippen LogP contribution in [-0.4, -0.2) is 62.2 Å². The molecule has 37 heavy (non-hydrogen) atoms. The summed E-state index contributed by atoms with van der Waals surface area (Å²) in [7, 11) is -4.68. The second kappa shape index (κ2) is 11.9. The Morgan fingerprint density at radius 1 is 1.24 bits per heavy atom. The predicted molar refractivity (Wildman–Crippen MR) is 124 cm³/mol. The second-order valence-corrected chi connectivity index (χ2v) is 9.22. The molecule has 1 aromatic carbocycles. The molecule has 2 unspecified atom stereocenters. The molecular weight excluding hydrogens is 524 g/mol. The van der Waals surface area contributed by atoms with Gasteiger partial charge in [0.1, 0.15) is 12.4 Å². The van der Waals surface area contributed by atoms with Crippen molar-refractivity contribution < 1.29 is 46.6 Å². The molecule has 0 aliphatic carbocycles. The molecule has 3 rings (SSSR count). The maximum atomic E-state index is 12.3. The van der Waals surface area contributed by atoms with Gasteiger partial charge < -0.3 is 10.1 Å². The van der Waals surface area contributed by atoms with Crippen LogP contribution in [0.1, 0.15) is 30.2 Å². The van der Waals surface area contributed by atoms with Crippen LogP contribution in [-0.2, 0) is 14.1 Å². The summed E-state index contributed by atoms with van der Waals surface area (Å²) in [6, 6.07) is 6.26. The Balaban J connectivity index is 1.60. The molecule has 2 heterocycles. The fourth-order valence-corrected chi connectivity index (χ4v) is 3.62. The van der Waals surface area contributed by atoms with Gasteiger partial charge in [-0.25, -0.2) is 0 Å². The smallest absolute Gasteiger partial charge is 0.492 e. The molecule has 0 radical (unpaired) electrons. The number of rotatable bonds is 8. The van der Waals surface area contributed by atoms with Crippen LogP contribution in [0, 0.1) is 11.8 Å². The number of anilines is 1. The van der Waals surface area contributed by atoms with Crippen LogP contribution in [0.5, 0.6) is 5.75 Å². The van der Waals surface area contributed by atoms with E-state index in [1.165, 1.54) is 22.9 Å². The fraction of sp³-hybridized carbons (Fsp3) is 0.381. The van der Waals surface area contributed by atoms with Crippen molar-refractivity contribution in [3.8, 4) is 17.6 Å². The summed E-state index contributed by atoms with van der Waals surface area (Å²) < 4.78 is 53.1. The molecule has 1 amide bonds. The summed E-state index contributed by atoms with van der Waals surface area (Å²) in [5.74, 6) is 3.87. The molecule has 1 fully saturated rings. The Morgan fingerprint density at radius 3 is 2.59 bits per heavy atom. The van der Waals surface area contributed by atoms with Gasteiger partial charge in [-0.1, -0.05) is 0 Å². The Morgan fingerprint density at radius 2 is 1.95 bits per heavy atom. The van der Waals surface area contributed by atoms with Gasteiger partial charge in [-0.3, -0.25) is 4.79 Å². The van der Waals surface area contributed by atoms with Crippen LogP contribution in [0.4, 0.5) is 19.0 Å². The Kier molecular flexibility index (Phi) is 9.08. The molecule has 16 heteroatoms. The van der Waals surface area contributed by atoms with Gasteiger partial charge in [0.05, 0.1) is 6.54 Å². The number of amides is 1. The zero-order chi connectivity index (χ0) is 27.2. The van der Waals surface area contributed by atoms with E-state index in [1.807, 2.05) is 0 Å². The monoisotopic (exact) mass is 548 g/mol. The number of nitrogens with two attached hydrogens (primary N) is 1. The minimum atomic E-state index is -4.95. The quantitative estimate of drug-likeness (QED) is 0.176.